The topological polar surface area (TPSA) is 125 Å². The van der Waals surface area contributed by atoms with Crippen LogP contribution in [0, 0.1) is 0 Å². The summed E-state index contributed by atoms with van der Waals surface area (Å²) in [5.74, 6) is -0.646. The van der Waals surface area contributed by atoms with Crippen molar-refractivity contribution in [1.82, 2.24) is 25.0 Å². The fourth-order valence-corrected chi connectivity index (χ4v) is 3.20. The van der Waals surface area contributed by atoms with Gasteiger partial charge in [0.25, 0.3) is 0 Å². The number of hydrogen-bond donors (Lipinski definition) is 3. The van der Waals surface area contributed by atoms with Crippen molar-refractivity contribution in [2.24, 2.45) is 0 Å². The highest BCUT2D eigenvalue weighted by molar-refractivity contribution is 7.81. The minimum atomic E-state index is -4.83. The van der Waals surface area contributed by atoms with Crippen molar-refractivity contribution in [3.05, 3.63) is 42.0 Å². The van der Waals surface area contributed by atoms with Gasteiger partial charge in [-0.05, 0) is 13.0 Å². The van der Waals surface area contributed by atoms with E-state index in [1.807, 2.05) is 0 Å². The van der Waals surface area contributed by atoms with Crippen LogP contribution < -0.4 is 20.1 Å². The molecule has 3 rings (SSSR count). The van der Waals surface area contributed by atoms with Gasteiger partial charge in [0, 0.05) is 7.11 Å². The highest BCUT2D eigenvalue weighted by Gasteiger charge is 2.37. The Bertz CT molecular complexity index is 1170. The molecular weight excluding hydrogens is 479 g/mol. The van der Waals surface area contributed by atoms with Crippen LogP contribution in [-0.4, -0.2) is 52.3 Å². The lowest BCUT2D eigenvalue weighted by Crippen LogP contribution is -2.25. The molecule has 0 aromatic carbocycles. The maximum Gasteiger partial charge on any atom is 0.420 e. The fourth-order valence-electron chi connectivity index (χ4n) is 2.97. The Morgan fingerprint density at radius 3 is 2.26 bits per heavy atom. The molecule has 0 aliphatic rings. The number of thiol groups is 1. The maximum absolute atomic E-state index is 13.7. The normalized spacial score (nSPS) is 13.2. The molecule has 0 aliphatic carbocycles. The van der Waals surface area contributed by atoms with E-state index in [2.05, 4.69) is 43.4 Å². The molecule has 0 fully saturated rings. The number of pyridine rings is 2. The number of carbonyl (C=O) groups excluding carboxylic acids is 1. The van der Waals surface area contributed by atoms with Crippen molar-refractivity contribution in [3.63, 3.8) is 0 Å². The Kier molecular flexibility index (Phi) is 7.16. The minimum Gasteiger partial charge on any atom is -0.495 e. The van der Waals surface area contributed by atoms with Gasteiger partial charge in [0.05, 0.1) is 50.3 Å². The third-order valence-corrected chi connectivity index (χ3v) is 4.97. The number of rotatable bonds is 7. The molecule has 2 amide bonds. The van der Waals surface area contributed by atoms with Gasteiger partial charge in [-0.1, -0.05) is 0 Å². The van der Waals surface area contributed by atoms with E-state index in [9.17, 15) is 18.0 Å². The maximum atomic E-state index is 13.7. The monoisotopic (exact) mass is 499 g/mol. The van der Waals surface area contributed by atoms with Gasteiger partial charge in [0.1, 0.15) is 21.9 Å². The van der Waals surface area contributed by atoms with Crippen LogP contribution in [0.3, 0.4) is 0 Å². The van der Waals surface area contributed by atoms with E-state index in [-0.39, 0.29) is 23.0 Å². The van der Waals surface area contributed by atoms with E-state index in [1.165, 1.54) is 46.1 Å². The molecule has 0 aliphatic heterocycles. The lowest BCUT2D eigenvalue weighted by atomic mass is 10.1. The highest BCUT2D eigenvalue weighted by atomic mass is 32.1. The summed E-state index contributed by atoms with van der Waals surface area (Å²) in [6, 6.07) is -0.234. The van der Waals surface area contributed by atoms with Gasteiger partial charge in [-0.2, -0.15) is 28.4 Å². The average Bonchev–Trinajstić information content (AvgIpc) is 3.32. The third-order valence-electron chi connectivity index (χ3n) is 4.56. The number of nitrogens with one attached hydrogen (secondary N) is 2. The van der Waals surface area contributed by atoms with Crippen LogP contribution >= 0.6 is 12.6 Å². The van der Waals surface area contributed by atoms with E-state index in [0.29, 0.717) is 16.4 Å². The van der Waals surface area contributed by atoms with Crippen LogP contribution in [0.25, 0.3) is 5.82 Å². The van der Waals surface area contributed by atoms with Crippen LogP contribution in [0.2, 0.25) is 0 Å². The predicted molar refractivity (Wildman–Crippen MR) is 117 cm³/mol. The van der Waals surface area contributed by atoms with Gasteiger partial charge in [-0.3, -0.25) is 4.98 Å². The molecule has 0 saturated carbocycles. The summed E-state index contributed by atoms with van der Waals surface area (Å²) in [7, 11) is 3.99. The Morgan fingerprint density at radius 2 is 1.71 bits per heavy atom. The van der Waals surface area contributed by atoms with Crippen molar-refractivity contribution in [2.45, 2.75) is 18.0 Å². The number of ether oxygens (including phenoxy) is 3. The molecule has 182 valence electrons. The summed E-state index contributed by atoms with van der Waals surface area (Å²) in [6.45, 7) is 1.61. The summed E-state index contributed by atoms with van der Waals surface area (Å²) in [5, 5.41) is 12.2. The molecule has 3 aromatic heterocycles. The van der Waals surface area contributed by atoms with E-state index in [1.54, 1.807) is 6.92 Å². The van der Waals surface area contributed by atoms with Crippen LogP contribution in [-0.2, 0) is 15.8 Å². The number of halogens is 3. The van der Waals surface area contributed by atoms with Gasteiger partial charge in [0.15, 0.2) is 5.82 Å². The van der Waals surface area contributed by atoms with E-state index in [0.717, 1.165) is 0 Å². The summed E-state index contributed by atoms with van der Waals surface area (Å²) in [6.07, 6.45) is 0.279. The second-order valence-electron chi connectivity index (χ2n) is 6.76. The molecule has 3 aromatic rings. The molecule has 11 nitrogen and oxygen atoms in total. The van der Waals surface area contributed by atoms with Gasteiger partial charge in [0.2, 0.25) is 5.88 Å². The number of hydrogen-bond acceptors (Lipinski definition) is 9. The smallest absolute Gasteiger partial charge is 0.420 e. The average molecular weight is 499 g/mol. The molecule has 1 atom stereocenters. The Hall–Kier alpha value is -3.59. The standard InChI is InChI=1S/C19H20F3N7O4S/c1-18(34,33-4)14-12(8-23-9-13(14)31-2)27-17(30)26-11-7-10(19(20,21)22)15(28-16(11)32-3)29-24-5-6-25-29/h5-9,34H,1-4H3,(H2,26,27,30)/t18-/m0/s1. The number of nitrogens with zero attached hydrogens (tertiary/aromatic N) is 5. The lowest BCUT2D eigenvalue weighted by molar-refractivity contribution is -0.137. The number of urea groups is 1. The zero-order valence-corrected chi connectivity index (χ0v) is 19.2. The third kappa shape index (κ3) is 5.14. The molecule has 0 saturated heterocycles. The van der Waals surface area contributed by atoms with Gasteiger partial charge in [-0.25, -0.2) is 4.79 Å². The predicted octanol–water partition coefficient (Wildman–Crippen LogP) is 3.49. The summed E-state index contributed by atoms with van der Waals surface area (Å²) in [4.78, 5) is 20.1. The first-order valence-electron chi connectivity index (χ1n) is 9.42. The van der Waals surface area contributed by atoms with Crippen molar-refractivity contribution in [1.29, 1.82) is 0 Å². The van der Waals surface area contributed by atoms with Gasteiger partial charge >= 0.3 is 12.2 Å². The number of alkyl halides is 3. The van der Waals surface area contributed by atoms with E-state index in [4.69, 9.17) is 14.2 Å². The molecular formula is C19H20F3N7O4S. The second kappa shape index (κ2) is 9.72. The van der Waals surface area contributed by atoms with Crippen molar-refractivity contribution in [3.8, 4) is 17.4 Å². The number of amides is 2. The minimum absolute atomic E-state index is 0.150. The number of methoxy groups -OCH3 is 3. The largest absolute Gasteiger partial charge is 0.495 e. The van der Waals surface area contributed by atoms with E-state index < -0.39 is 28.5 Å². The zero-order valence-electron chi connectivity index (χ0n) is 18.3. The van der Waals surface area contributed by atoms with Crippen LogP contribution in [0.15, 0.2) is 30.9 Å². The molecule has 2 N–H and O–H groups in total. The first-order chi connectivity index (χ1) is 16.0. The first kappa shape index (κ1) is 25.0. The summed E-state index contributed by atoms with van der Waals surface area (Å²) in [5.41, 5.74) is -1.05. The number of carbonyl (C=O) groups is 1. The number of anilines is 2. The Morgan fingerprint density at radius 1 is 1.06 bits per heavy atom. The van der Waals surface area contributed by atoms with Crippen LogP contribution in [0.1, 0.15) is 18.1 Å². The van der Waals surface area contributed by atoms with Gasteiger partial charge < -0.3 is 24.8 Å². The quantitative estimate of drug-likeness (QED) is 0.333. The first-order valence-corrected chi connectivity index (χ1v) is 9.87. The van der Waals surface area contributed by atoms with Crippen LogP contribution in [0.5, 0.6) is 11.6 Å². The van der Waals surface area contributed by atoms with Crippen molar-refractivity contribution in [2.75, 3.05) is 32.0 Å². The molecule has 34 heavy (non-hydrogen) atoms. The lowest BCUT2D eigenvalue weighted by Gasteiger charge is -2.27. The second-order valence-corrected chi connectivity index (χ2v) is 7.62. The summed E-state index contributed by atoms with van der Waals surface area (Å²) >= 11 is 4.44. The summed E-state index contributed by atoms with van der Waals surface area (Å²) < 4.78 is 56.9. The van der Waals surface area contributed by atoms with Crippen molar-refractivity contribution >= 4 is 30.0 Å². The SMILES string of the molecule is COc1cncc(NC(=O)Nc2cc(C(F)(F)F)c(-n3nccn3)nc2OC)c1[C@](C)(S)OC. The molecule has 3 heterocycles. The fraction of sp³-hybridized carbons (Fsp3) is 0.316. The molecule has 0 unspecified atom stereocenters. The Balaban J connectivity index is 1.99. The number of aromatic nitrogens is 5. The highest BCUT2D eigenvalue weighted by Crippen LogP contribution is 2.41. The molecule has 0 radical (unpaired) electrons. The molecule has 15 heteroatoms. The Labute approximate surface area is 197 Å². The van der Waals surface area contributed by atoms with E-state index >= 15 is 0 Å². The zero-order chi connectivity index (χ0) is 25.1. The molecule has 0 spiro atoms. The van der Waals surface area contributed by atoms with Crippen LogP contribution in [0.4, 0.5) is 29.3 Å². The van der Waals surface area contributed by atoms with Crippen molar-refractivity contribution < 1.29 is 32.2 Å². The molecule has 0 bridgehead atoms. The van der Waals surface area contributed by atoms with Gasteiger partial charge in [-0.15, -0.1) is 17.4 Å².